The van der Waals surface area contributed by atoms with Gasteiger partial charge in [0.1, 0.15) is 11.1 Å². The summed E-state index contributed by atoms with van der Waals surface area (Å²) in [4.78, 5) is 16.5. The third-order valence-corrected chi connectivity index (χ3v) is 3.91. The predicted octanol–water partition coefficient (Wildman–Crippen LogP) is 2.06. The van der Waals surface area contributed by atoms with Crippen LogP contribution in [0.3, 0.4) is 0 Å². The fourth-order valence-electron chi connectivity index (χ4n) is 2.62. The van der Waals surface area contributed by atoms with E-state index in [1.54, 1.807) is 0 Å². The van der Waals surface area contributed by atoms with Gasteiger partial charge in [-0.1, -0.05) is 5.16 Å². The van der Waals surface area contributed by atoms with Crippen LogP contribution in [0.25, 0.3) is 0 Å². The zero-order valence-corrected chi connectivity index (χ0v) is 13.8. The highest BCUT2D eigenvalue weighted by Gasteiger charge is 2.45. The number of alkyl carbamates (subject to hydrolysis) is 1. The summed E-state index contributed by atoms with van der Waals surface area (Å²) in [5.41, 5.74) is -1.16. The second-order valence-corrected chi connectivity index (χ2v) is 6.95. The van der Waals surface area contributed by atoms with Crippen molar-refractivity contribution in [2.24, 2.45) is 0 Å². The van der Waals surface area contributed by atoms with Crippen molar-refractivity contribution in [2.45, 2.75) is 57.3 Å². The van der Waals surface area contributed by atoms with Crippen LogP contribution >= 0.6 is 0 Å². The van der Waals surface area contributed by atoms with E-state index in [2.05, 4.69) is 15.5 Å². The molecule has 1 saturated heterocycles. The molecule has 1 aromatic rings. The molecule has 3 rings (SSSR count). The number of nitrogens with one attached hydrogen (secondary N) is 1. The van der Waals surface area contributed by atoms with E-state index in [4.69, 9.17) is 18.7 Å². The molecule has 23 heavy (non-hydrogen) atoms. The molecule has 1 atom stereocenters. The molecule has 1 amide bonds. The normalized spacial score (nSPS) is 23.9. The molecule has 1 aliphatic heterocycles. The third-order valence-electron chi connectivity index (χ3n) is 3.91. The molecule has 0 unspecified atom stereocenters. The highest BCUT2D eigenvalue weighted by atomic mass is 16.6. The largest absolute Gasteiger partial charge is 0.444 e. The van der Waals surface area contributed by atoms with Gasteiger partial charge in [0.05, 0.1) is 19.8 Å². The molecule has 2 fully saturated rings. The number of hydrogen-bond donors (Lipinski definition) is 1. The summed E-state index contributed by atoms with van der Waals surface area (Å²) >= 11 is 0. The Morgan fingerprint density at radius 1 is 1.35 bits per heavy atom. The van der Waals surface area contributed by atoms with E-state index in [1.165, 1.54) is 0 Å². The van der Waals surface area contributed by atoms with Gasteiger partial charge in [0.15, 0.2) is 11.9 Å². The molecule has 8 nitrogen and oxygen atoms in total. The Kier molecular flexibility index (Phi) is 4.29. The van der Waals surface area contributed by atoms with Crippen molar-refractivity contribution >= 4 is 6.09 Å². The summed E-state index contributed by atoms with van der Waals surface area (Å²) in [7, 11) is 0. The molecule has 128 valence electrons. The van der Waals surface area contributed by atoms with Crippen molar-refractivity contribution in [1.82, 2.24) is 15.5 Å². The lowest BCUT2D eigenvalue weighted by molar-refractivity contribution is -0.101. The zero-order valence-electron chi connectivity index (χ0n) is 13.8. The number of ether oxygens (including phenoxy) is 3. The van der Waals surface area contributed by atoms with E-state index in [0.717, 1.165) is 19.3 Å². The highest BCUT2D eigenvalue weighted by molar-refractivity contribution is 5.69. The number of nitrogens with zero attached hydrogens (tertiary/aromatic N) is 2. The van der Waals surface area contributed by atoms with E-state index in [9.17, 15) is 4.79 Å². The van der Waals surface area contributed by atoms with Crippen LogP contribution in [-0.2, 0) is 19.7 Å². The molecule has 2 heterocycles. The topological polar surface area (TPSA) is 95.7 Å². The van der Waals surface area contributed by atoms with Gasteiger partial charge < -0.3 is 24.1 Å². The van der Waals surface area contributed by atoms with Crippen LogP contribution in [0.15, 0.2) is 4.52 Å². The summed E-state index contributed by atoms with van der Waals surface area (Å²) in [6, 6.07) is 0. The first-order valence-corrected chi connectivity index (χ1v) is 7.93. The number of rotatable bonds is 3. The molecule has 0 spiro atoms. The van der Waals surface area contributed by atoms with Crippen molar-refractivity contribution < 1.29 is 23.5 Å². The molecule has 1 aliphatic carbocycles. The molecule has 2 aliphatic rings. The van der Waals surface area contributed by atoms with Crippen LogP contribution in [-0.4, -0.2) is 41.7 Å². The maximum atomic E-state index is 12.1. The summed E-state index contributed by atoms with van der Waals surface area (Å²) in [5.74, 6) is 0.857. The average molecular weight is 325 g/mol. The Labute approximate surface area is 134 Å². The van der Waals surface area contributed by atoms with Gasteiger partial charge in [0.2, 0.25) is 0 Å². The summed E-state index contributed by atoms with van der Waals surface area (Å²) < 4.78 is 21.5. The Hall–Kier alpha value is -1.67. The van der Waals surface area contributed by atoms with Crippen LogP contribution in [0.1, 0.15) is 57.9 Å². The number of carbonyl (C=O) groups excluding carboxylic acids is 1. The lowest BCUT2D eigenvalue weighted by atomic mass is 9.76. The van der Waals surface area contributed by atoms with Gasteiger partial charge in [-0.25, -0.2) is 4.79 Å². The summed E-state index contributed by atoms with van der Waals surface area (Å²) in [5, 5.41) is 6.94. The van der Waals surface area contributed by atoms with Crippen molar-refractivity contribution in [3.63, 3.8) is 0 Å². The van der Waals surface area contributed by atoms with Gasteiger partial charge in [0.25, 0.3) is 5.89 Å². The minimum Gasteiger partial charge on any atom is -0.444 e. The Morgan fingerprint density at radius 2 is 2.13 bits per heavy atom. The lowest BCUT2D eigenvalue weighted by Gasteiger charge is -2.39. The number of carbonyl (C=O) groups is 1. The van der Waals surface area contributed by atoms with Gasteiger partial charge in [-0.05, 0) is 40.0 Å². The van der Waals surface area contributed by atoms with Gasteiger partial charge in [-0.3, -0.25) is 0 Å². The van der Waals surface area contributed by atoms with Crippen LogP contribution in [0.5, 0.6) is 0 Å². The smallest absolute Gasteiger partial charge is 0.408 e. The second kappa shape index (κ2) is 6.09. The monoisotopic (exact) mass is 325 g/mol. The number of hydrogen-bond acceptors (Lipinski definition) is 7. The van der Waals surface area contributed by atoms with Crippen LogP contribution in [0.2, 0.25) is 0 Å². The molecular weight excluding hydrogens is 302 g/mol. The zero-order chi connectivity index (χ0) is 16.5. The van der Waals surface area contributed by atoms with Gasteiger partial charge >= 0.3 is 6.09 Å². The predicted molar refractivity (Wildman–Crippen MR) is 78.7 cm³/mol. The maximum Gasteiger partial charge on any atom is 0.408 e. The second-order valence-electron chi connectivity index (χ2n) is 6.95. The van der Waals surface area contributed by atoms with E-state index in [-0.39, 0.29) is 6.10 Å². The highest BCUT2D eigenvalue weighted by Crippen LogP contribution is 2.40. The number of aromatic nitrogens is 2. The van der Waals surface area contributed by atoms with E-state index >= 15 is 0 Å². The quantitative estimate of drug-likeness (QED) is 0.908. The summed E-state index contributed by atoms with van der Waals surface area (Å²) in [6.45, 7) is 6.95. The molecule has 0 bridgehead atoms. The van der Waals surface area contributed by atoms with E-state index in [1.807, 2.05) is 20.8 Å². The van der Waals surface area contributed by atoms with Crippen molar-refractivity contribution in [1.29, 1.82) is 0 Å². The first-order chi connectivity index (χ1) is 10.9. The Bertz CT molecular complexity index is 556. The molecule has 0 aromatic carbocycles. The van der Waals surface area contributed by atoms with Crippen LogP contribution in [0, 0.1) is 0 Å². The standard InChI is InChI=1S/C15H23N3O5/c1-14(2,3)22-13(19)17-15(5-4-6-15)12-16-11(23-18-12)10-9-20-7-8-21-10/h10H,4-9H2,1-3H3,(H,17,19)/t10-/m1/s1. The Morgan fingerprint density at radius 3 is 2.70 bits per heavy atom. The fraction of sp³-hybridized carbons (Fsp3) is 0.800. The fourth-order valence-corrected chi connectivity index (χ4v) is 2.62. The molecule has 8 heteroatoms. The molecule has 1 saturated carbocycles. The first kappa shape index (κ1) is 16.2. The van der Waals surface area contributed by atoms with Crippen molar-refractivity contribution in [3.8, 4) is 0 Å². The van der Waals surface area contributed by atoms with E-state index in [0.29, 0.717) is 31.5 Å². The first-order valence-electron chi connectivity index (χ1n) is 7.93. The van der Waals surface area contributed by atoms with Crippen molar-refractivity contribution in [2.75, 3.05) is 19.8 Å². The third kappa shape index (κ3) is 3.64. The van der Waals surface area contributed by atoms with Crippen LogP contribution < -0.4 is 5.32 Å². The lowest BCUT2D eigenvalue weighted by Crippen LogP contribution is -2.52. The summed E-state index contributed by atoms with van der Waals surface area (Å²) in [6.07, 6.45) is 1.69. The SMILES string of the molecule is CC(C)(C)OC(=O)NC1(c2noc([C@H]3COCCO3)n2)CCC1. The van der Waals surface area contributed by atoms with Gasteiger partial charge in [0, 0.05) is 0 Å². The molecule has 1 N–H and O–H groups in total. The molecule has 0 radical (unpaired) electrons. The average Bonchev–Trinajstić information content (AvgIpc) is 2.92. The Balaban J connectivity index is 1.70. The minimum atomic E-state index is -0.612. The van der Waals surface area contributed by atoms with E-state index < -0.39 is 17.2 Å². The minimum absolute atomic E-state index is 0.344. The van der Waals surface area contributed by atoms with Gasteiger partial charge in [-0.15, -0.1) is 0 Å². The number of amides is 1. The maximum absolute atomic E-state index is 12.1. The molecular formula is C15H23N3O5. The van der Waals surface area contributed by atoms with Crippen molar-refractivity contribution in [3.05, 3.63) is 11.7 Å². The van der Waals surface area contributed by atoms with Crippen LogP contribution in [0.4, 0.5) is 4.79 Å². The molecule has 1 aromatic heterocycles. The van der Waals surface area contributed by atoms with Gasteiger partial charge in [-0.2, -0.15) is 4.98 Å².